The Morgan fingerprint density at radius 2 is 2.39 bits per heavy atom. The van der Waals surface area contributed by atoms with E-state index < -0.39 is 0 Å². The smallest absolute Gasteiger partial charge is 0.301 e. The van der Waals surface area contributed by atoms with Gasteiger partial charge in [-0.05, 0) is 37.1 Å². The molecule has 0 unspecified atom stereocenters. The lowest BCUT2D eigenvalue weighted by Crippen LogP contribution is -2.12. The molecule has 3 rings (SSSR count). The number of hydrogen-bond donors (Lipinski definition) is 2. The molecule has 2 aromatic rings. The first-order chi connectivity index (χ1) is 8.72. The van der Waals surface area contributed by atoms with Gasteiger partial charge in [-0.2, -0.15) is 4.98 Å². The zero-order valence-corrected chi connectivity index (χ0v) is 9.99. The number of benzene rings is 1. The molecule has 1 aromatic heterocycles. The highest BCUT2D eigenvalue weighted by Crippen LogP contribution is 2.23. The van der Waals surface area contributed by atoms with Gasteiger partial charge in [-0.15, -0.1) is 0 Å². The van der Waals surface area contributed by atoms with Crippen LogP contribution in [0.1, 0.15) is 21.6 Å². The van der Waals surface area contributed by atoms with Crippen molar-refractivity contribution in [2.24, 2.45) is 0 Å². The molecule has 1 amide bonds. The second-order valence-corrected chi connectivity index (χ2v) is 4.30. The number of hydrogen-bond acceptors (Lipinski definition) is 4. The molecule has 0 spiro atoms. The fourth-order valence-corrected chi connectivity index (χ4v) is 2.03. The van der Waals surface area contributed by atoms with E-state index in [1.807, 2.05) is 12.1 Å². The highest BCUT2D eigenvalue weighted by molar-refractivity contribution is 6.03. The van der Waals surface area contributed by atoms with Crippen LogP contribution in [0.5, 0.6) is 0 Å². The van der Waals surface area contributed by atoms with Gasteiger partial charge in [0.2, 0.25) is 0 Å². The van der Waals surface area contributed by atoms with E-state index in [4.69, 9.17) is 4.42 Å². The number of nitrogens with zero attached hydrogens (tertiary/aromatic N) is 1. The van der Waals surface area contributed by atoms with Crippen LogP contribution in [0, 0.1) is 6.92 Å². The molecule has 1 aromatic carbocycles. The molecule has 0 atom stereocenters. The second kappa shape index (κ2) is 4.18. The number of carbonyl (C=O) groups is 1. The van der Waals surface area contributed by atoms with Crippen molar-refractivity contribution in [3.63, 3.8) is 0 Å². The van der Waals surface area contributed by atoms with Crippen LogP contribution in [0.2, 0.25) is 0 Å². The largest absolute Gasteiger partial charge is 0.432 e. The lowest BCUT2D eigenvalue weighted by molar-refractivity contribution is 0.102. The van der Waals surface area contributed by atoms with E-state index in [0.29, 0.717) is 5.56 Å². The topological polar surface area (TPSA) is 67.2 Å². The number of carbonyl (C=O) groups excluding carboxylic acids is 1. The van der Waals surface area contributed by atoms with Gasteiger partial charge < -0.3 is 9.73 Å². The molecule has 2 heterocycles. The summed E-state index contributed by atoms with van der Waals surface area (Å²) in [6.07, 6.45) is 2.46. The fourth-order valence-electron chi connectivity index (χ4n) is 2.03. The normalized spacial score (nSPS) is 12.9. The van der Waals surface area contributed by atoms with E-state index in [-0.39, 0.29) is 11.9 Å². The minimum Gasteiger partial charge on any atom is -0.432 e. The molecule has 0 fully saturated rings. The van der Waals surface area contributed by atoms with Gasteiger partial charge in [0.1, 0.15) is 6.26 Å². The minimum atomic E-state index is -0.202. The molecule has 0 aliphatic carbocycles. The van der Waals surface area contributed by atoms with Gasteiger partial charge in [-0.25, -0.2) is 0 Å². The first-order valence-corrected chi connectivity index (χ1v) is 5.82. The summed E-state index contributed by atoms with van der Waals surface area (Å²) < 4.78 is 5.09. The van der Waals surface area contributed by atoms with E-state index in [2.05, 4.69) is 15.6 Å². The van der Waals surface area contributed by atoms with Crippen molar-refractivity contribution in [2.45, 2.75) is 13.3 Å². The number of anilines is 2. The van der Waals surface area contributed by atoms with E-state index in [0.717, 1.165) is 24.3 Å². The zero-order chi connectivity index (χ0) is 12.5. The maximum absolute atomic E-state index is 12.0. The number of oxazole rings is 1. The van der Waals surface area contributed by atoms with E-state index in [1.54, 1.807) is 13.0 Å². The Labute approximate surface area is 104 Å². The minimum absolute atomic E-state index is 0.202. The summed E-state index contributed by atoms with van der Waals surface area (Å²) in [4.78, 5) is 16.0. The van der Waals surface area contributed by atoms with Gasteiger partial charge in [-0.1, -0.05) is 0 Å². The van der Waals surface area contributed by atoms with Gasteiger partial charge in [-0.3, -0.25) is 10.1 Å². The average molecular weight is 243 g/mol. The van der Waals surface area contributed by atoms with Crippen molar-refractivity contribution in [1.29, 1.82) is 0 Å². The van der Waals surface area contributed by atoms with Crippen LogP contribution >= 0.6 is 0 Å². The van der Waals surface area contributed by atoms with E-state index >= 15 is 0 Å². The highest BCUT2D eigenvalue weighted by Gasteiger charge is 2.14. The van der Waals surface area contributed by atoms with Crippen LogP contribution in [0.15, 0.2) is 28.9 Å². The Morgan fingerprint density at radius 3 is 3.17 bits per heavy atom. The summed E-state index contributed by atoms with van der Waals surface area (Å²) in [5, 5.41) is 5.89. The van der Waals surface area contributed by atoms with E-state index in [9.17, 15) is 4.79 Å². The Kier molecular flexibility index (Phi) is 2.51. The van der Waals surface area contributed by atoms with Gasteiger partial charge in [0.05, 0.1) is 5.69 Å². The van der Waals surface area contributed by atoms with Crippen LogP contribution in [-0.2, 0) is 6.42 Å². The molecule has 92 valence electrons. The van der Waals surface area contributed by atoms with Gasteiger partial charge in [0.15, 0.2) is 0 Å². The standard InChI is InChI=1S/C13H13N3O2/c1-8-7-18-13(15-8)16-12(17)10-2-3-11-9(6-10)4-5-14-11/h2-3,6-7,14H,4-5H2,1H3,(H,15,16,17). The van der Waals surface area contributed by atoms with Crippen LogP contribution in [-0.4, -0.2) is 17.4 Å². The third-order valence-electron chi connectivity index (χ3n) is 2.92. The maximum Gasteiger partial charge on any atom is 0.301 e. The summed E-state index contributed by atoms with van der Waals surface area (Å²) >= 11 is 0. The quantitative estimate of drug-likeness (QED) is 0.848. The van der Waals surface area contributed by atoms with Crippen molar-refractivity contribution >= 4 is 17.6 Å². The third kappa shape index (κ3) is 1.95. The zero-order valence-electron chi connectivity index (χ0n) is 9.99. The lowest BCUT2D eigenvalue weighted by Gasteiger charge is -2.04. The molecule has 5 nitrogen and oxygen atoms in total. The van der Waals surface area contributed by atoms with Crippen LogP contribution in [0.25, 0.3) is 0 Å². The van der Waals surface area contributed by atoms with Crippen molar-refractivity contribution in [3.8, 4) is 0 Å². The van der Waals surface area contributed by atoms with Gasteiger partial charge in [0.25, 0.3) is 5.91 Å². The lowest BCUT2D eigenvalue weighted by atomic mass is 10.1. The predicted octanol–water partition coefficient (Wildman–Crippen LogP) is 2.20. The Hall–Kier alpha value is -2.30. The monoisotopic (exact) mass is 243 g/mol. The number of nitrogens with one attached hydrogen (secondary N) is 2. The average Bonchev–Trinajstić information content (AvgIpc) is 2.96. The molecule has 0 bridgehead atoms. The molecule has 5 heteroatoms. The Bertz CT molecular complexity index is 604. The van der Waals surface area contributed by atoms with Crippen LogP contribution < -0.4 is 10.6 Å². The number of aryl methyl sites for hydroxylation is 1. The molecule has 1 aliphatic heterocycles. The SMILES string of the molecule is Cc1coc(NC(=O)c2ccc3c(c2)CCN3)n1. The maximum atomic E-state index is 12.0. The summed E-state index contributed by atoms with van der Waals surface area (Å²) in [5.41, 5.74) is 3.64. The Balaban J connectivity index is 1.80. The first kappa shape index (κ1) is 10.8. The summed E-state index contributed by atoms with van der Waals surface area (Å²) in [5.74, 6) is -0.202. The van der Waals surface area contributed by atoms with Gasteiger partial charge >= 0.3 is 6.01 Å². The van der Waals surface area contributed by atoms with E-state index in [1.165, 1.54) is 11.8 Å². The van der Waals surface area contributed by atoms with Crippen LogP contribution in [0.4, 0.5) is 11.7 Å². The summed E-state index contributed by atoms with van der Waals surface area (Å²) in [6.45, 7) is 2.74. The molecule has 0 saturated carbocycles. The number of amides is 1. The van der Waals surface area contributed by atoms with Crippen molar-refractivity contribution in [3.05, 3.63) is 41.3 Å². The Morgan fingerprint density at radius 1 is 1.50 bits per heavy atom. The molecule has 0 saturated heterocycles. The van der Waals surface area contributed by atoms with Crippen molar-refractivity contribution in [1.82, 2.24) is 4.98 Å². The molecule has 0 radical (unpaired) electrons. The highest BCUT2D eigenvalue weighted by atomic mass is 16.4. The van der Waals surface area contributed by atoms with Crippen LogP contribution in [0.3, 0.4) is 0 Å². The number of rotatable bonds is 2. The summed E-state index contributed by atoms with van der Waals surface area (Å²) in [7, 11) is 0. The fraction of sp³-hybridized carbons (Fsp3) is 0.231. The number of aromatic nitrogens is 1. The predicted molar refractivity (Wildman–Crippen MR) is 67.8 cm³/mol. The molecular formula is C13H13N3O2. The number of fused-ring (bicyclic) bond motifs is 1. The first-order valence-electron chi connectivity index (χ1n) is 5.82. The van der Waals surface area contributed by atoms with Crippen molar-refractivity contribution in [2.75, 3.05) is 17.2 Å². The van der Waals surface area contributed by atoms with Gasteiger partial charge in [0, 0.05) is 17.8 Å². The molecule has 2 N–H and O–H groups in total. The van der Waals surface area contributed by atoms with Crippen molar-refractivity contribution < 1.29 is 9.21 Å². The molecule has 18 heavy (non-hydrogen) atoms. The third-order valence-corrected chi connectivity index (χ3v) is 2.92. The second-order valence-electron chi connectivity index (χ2n) is 4.30. The summed E-state index contributed by atoms with van der Waals surface area (Å²) in [6, 6.07) is 5.86. The molecular weight excluding hydrogens is 230 g/mol. The molecule has 1 aliphatic rings.